The van der Waals surface area contributed by atoms with E-state index in [1.54, 1.807) is 13.8 Å². The van der Waals surface area contributed by atoms with E-state index in [-0.39, 0.29) is 0 Å². The average molecular weight is 167 g/mol. The molecule has 4 heteroatoms. The first-order valence-corrected chi connectivity index (χ1v) is 3.44. The lowest BCUT2D eigenvalue weighted by atomic mass is 10.3. The molecular weight excluding hydrogens is 158 g/mol. The molecule has 0 spiro atoms. The van der Waals surface area contributed by atoms with Gasteiger partial charge in [0.05, 0.1) is 0 Å². The Hall–Kier alpha value is -1.58. The van der Waals surface area contributed by atoms with E-state index >= 15 is 0 Å². The van der Waals surface area contributed by atoms with Crippen LogP contribution in [-0.4, -0.2) is 16.1 Å². The molecule has 0 bridgehead atoms. The highest BCUT2D eigenvalue weighted by Gasteiger charge is 2.02. The first-order chi connectivity index (χ1) is 5.59. The van der Waals surface area contributed by atoms with E-state index in [4.69, 9.17) is 9.52 Å². The maximum atomic E-state index is 10.1. The predicted octanol–water partition coefficient (Wildman–Crippen LogP) is 1.39. The van der Waals surface area contributed by atoms with Crippen molar-refractivity contribution in [1.29, 1.82) is 0 Å². The van der Waals surface area contributed by atoms with E-state index in [2.05, 4.69) is 4.98 Å². The number of aryl methyl sites for hydroxylation is 2. The summed E-state index contributed by atoms with van der Waals surface area (Å²) < 4.78 is 5.09. The van der Waals surface area contributed by atoms with Crippen LogP contribution in [-0.2, 0) is 4.79 Å². The number of carbonyl (C=O) groups is 1. The van der Waals surface area contributed by atoms with E-state index in [9.17, 15) is 4.79 Å². The van der Waals surface area contributed by atoms with Gasteiger partial charge in [-0.05, 0) is 13.0 Å². The second-order valence-corrected chi connectivity index (χ2v) is 2.35. The maximum Gasteiger partial charge on any atom is 0.328 e. The van der Waals surface area contributed by atoms with Crippen molar-refractivity contribution in [2.24, 2.45) is 0 Å². The molecule has 0 saturated carbocycles. The fourth-order valence-corrected chi connectivity index (χ4v) is 0.850. The lowest BCUT2D eigenvalue weighted by molar-refractivity contribution is -0.131. The Morgan fingerprint density at radius 1 is 1.58 bits per heavy atom. The van der Waals surface area contributed by atoms with Gasteiger partial charge in [0.1, 0.15) is 11.5 Å². The molecule has 0 radical (unpaired) electrons. The van der Waals surface area contributed by atoms with Crippen molar-refractivity contribution in [3.63, 3.8) is 0 Å². The molecule has 1 rings (SSSR count). The highest BCUT2D eigenvalue weighted by molar-refractivity contribution is 5.85. The standard InChI is InChI=1S/C8H9NO3/c1-5-7(3-4-8(10)11)9-6(2)12-5/h3-4H,1-2H3,(H,10,11)/b4-3+. The molecule has 0 aromatic carbocycles. The van der Waals surface area contributed by atoms with Gasteiger partial charge in [0.2, 0.25) is 0 Å². The number of hydrogen-bond donors (Lipinski definition) is 1. The largest absolute Gasteiger partial charge is 0.478 e. The summed E-state index contributed by atoms with van der Waals surface area (Å²) in [6.45, 7) is 3.45. The Balaban J connectivity index is 2.89. The van der Waals surface area contributed by atoms with Gasteiger partial charge in [-0.1, -0.05) is 0 Å². The number of hydrogen-bond acceptors (Lipinski definition) is 3. The smallest absolute Gasteiger partial charge is 0.328 e. The minimum Gasteiger partial charge on any atom is -0.478 e. The minimum absolute atomic E-state index is 0.539. The topological polar surface area (TPSA) is 63.3 Å². The lowest BCUT2D eigenvalue weighted by Crippen LogP contribution is -1.86. The summed E-state index contributed by atoms with van der Waals surface area (Å²) in [6.07, 6.45) is 2.44. The summed E-state index contributed by atoms with van der Waals surface area (Å²) in [5.41, 5.74) is 0.565. The number of rotatable bonds is 2. The summed E-state index contributed by atoms with van der Waals surface area (Å²) in [7, 11) is 0. The van der Waals surface area contributed by atoms with E-state index in [1.165, 1.54) is 6.08 Å². The number of nitrogens with zero attached hydrogens (tertiary/aromatic N) is 1. The van der Waals surface area contributed by atoms with Gasteiger partial charge < -0.3 is 9.52 Å². The quantitative estimate of drug-likeness (QED) is 0.676. The molecule has 4 nitrogen and oxygen atoms in total. The van der Waals surface area contributed by atoms with Crippen molar-refractivity contribution in [1.82, 2.24) is 4.98 Å². The Morgan fingerprint density at radius 2 is 2.25 bits per heavy atom. The molecule has 12 heavy (non-hydrogen) atoms. The number of carboxylic acids is 1. The third-order valence-corrected chi connectivity index (χ3v) is 1.32. The maximum absolute atomic E-state index is 10.1. The highest BCUT2D eigenvalue weighted by Crippen LogP contribution is 2.09. The van der Waals surface area contributed by atoms with E-state index in [0.29, 0.717) is 17.3 Å². The molecule has 64 valence electrons. The minimum atomic E-state index is -0.991. The molecule has 0 atom stereocenters. The van der Waals surface area contributed by atoms with Crippen LogP contribution in [0, 0.1) is 13.8 Å². The van der Waals surface area contributed by atoms with Gasteiger partial charge in [0.25, 0.3) is 0 Å². The van der Waals surface area contributed by atoms with Gasteiger partial charge in [-0.15, -0.1) is 0 Å². The van der Waals surface area contributed by atoms with Crippen LogP contribution in [0.15, 0.2) is 10.5 Å². The molecule has 1 aromatic rings. The van der Waals surface area contributed by atoms with E-state index < -0.39 is 5.97 Å². The fourth-order valence-electron chi connectivity index (χ4n) is 0.850. The first kappa shape index (κ1) is 8.52. The number of carboxylic acid groups (broad SMARTS) is 1. The normalized spacial score (nSPS) is 10.8. The Kier molecular flexibility index (Phi) is 2.28. The molecule has 0 fully saturated rings. The third kappa shape index (κ3) is 1.95. The van der Waals surface area contributed by atoms with Crippen molar-refractivity contribution in [3.05, 3.63) is 23.4 Å². The van der Waals surface area contributed by atoms with Crippen LogP contribution in [0.5, 0.6) is 0 Å². The van der Waals surface area contributed by atoms with Crippen LogP contribution >= 0.6 is 0 Å². The van der Waals surface area contributed by atoms with E-state index in [1.807, 2.05) is 0 Å². The van der Waals surface area contributed by atoms with Gasteiger partial charge in [-0.3, -0.25) is 0 Å². The summed E-state index contributed by atoms with van der Waals surface area (Å²) in [5, 5.41) is 8.33. The zero-order valence-corrected chi connectivity index (χ0v) is 6.87. The fraction of sp³-hybridized carbons (Fsp3) is 0.250. The van der Waals surface area contributed by atoms with Crippen molar-refractivity contribution < 1.29 is 14.3 Å². The summed E-state index contributed by atoms with van der Waals surface area (Å²) in [5.74, 6) is 0.178. The molecule has 0 aliphatic heterocycles. The van der Waals surface area contributed by atoms with Crippen molar-refractivity contribution in [2.45, 2.75) is 13.8 Å². The second kappa shape index (κ2) is 3.21. The van der Waals surface area contributed by atoms with Crippen molar-refractivity contribution >= 4 is 12.0 Å². The molecule has 0 aliphatic carbocycles. The SMILES string of the molecule is Cc1nc(/C=C/C(=O)O)c(C)o1. The average Bonchev–Trinajstić information content (AvgIpc) is 2.26. The molecular formula is C8H9NO3. The van der Waals surface area contributed by atoms with Gasteiger partial charge in [0.15, 0.2) is 5.89 Å². The highest BCUT2D eigenvalue weighted by atomic mass is 16.4. The Morgan fingerprint density at radius 3 is 2.67 bits per heavy atom. The third-order valence-electron chi connectivity index (χ3n) is 1.32. The van der Waals surface area contributed by atoms with Crippen molar-refractivity contribution in [2.75, 3.05) is 0 Å². The number of aliphatic carboxylic acids is 1. The van der Waals surface area contributed by atoms with Gasteiger partial charge in [0, 0.05) is 13.0 Å². The first-order valence-electron chi connectivity index (χ1n) is 3.44. The molecule has 1 N–H and O–H groups in total. The molecule has 0 aliphatic rings. The zero-order valence-electron chi connectivity index (χ0n) is 6.87. The summed E-state index contributed by atoms with van der Waals surface area (Å²) >= 11 is 0. The summed E-state index contributed by atoms with van der Waals surface area (Å²) in [6, 6.07) is 0. The van der Waals surface area contributed by atoms with Gasteiger partial charge >= 0.3 is 5.97 Å². The zero-order chi connectivity index (χ0) is 9.14. The monoisotopic (exact) mass is 167 g/mol. The van der Waals surface area contributed by atoms with Crippen molar-refractivity contribution in [3.8, 4) is 0 Å². The Labute approximate surface area is 69.5 Å². The van der Waals surface area contributed by atoms with Crippen LogP contribution in [0.2, 0.25) is 0 Å². The molecule has 1 aromatic heterocycles. The summed E-state index contributed by atoms with van der Waals surface area (Å²) in [4.78, 5) is 14.1. The lowest BCUT2D eigenvalue weighted by Gasteiger charge is -1.82. The molecule has 0 unspecified atom stereocenters. The molecule has 1 heterocycles. The number of aromatic nitrogens is 1. The van der Waals surface area contributed by atoms with Crippen LogP contribution in [0.4, 0.5) is 0 Å². The van der Waals surface area contributed by atoms with Crippen LogP contribution in [0.25, 0.3) is 6.08 Å². The Bertz CT molecular complexity index is 325. The predicted molar refractivity (Wildman–Crippen MR) is 42.6 cm³/mol. The molecule has 0 amide bonds. The van der Waals surface area contributed by atoms with Crippen LogP contribution < -0.4 is 0 Å². The van der Waals surface area contributed by atoms with Gasteiger partial charge in [-0.2, -0.15) is 0 Å². The second-order valence-electron chi connectivity index (χ2n) is 2.35. The molecule has 0 saturated heterocycles. The number of oxazole rings is 1. The van der Waals surface area contributed by atoms with E-state index in [0.717, 1.165) is 6.08 Å². The van der Waals surface area contributed by atoms with Crippen LogP contribution in [0.1, 0.15) is 17.3 Å². The van der Waals surface area contributed by atoms with Crippen LogP contribution in [0.3, 0.4) is 0 Å². The van der Waals surface area contributed by atoms with Gasteiger partial charge in [-0.25, -0.2) is 9.78 Å².